The van der Waals surface area contributed by atoms with Crippen molar-refractivity contribution in [1.29, 1.82) is 0 Å². The summed E-state index contributed by atoms with van der Waals surface area (Å²) < 4.78 is 0. The van der Waals surface area contributed by atoms with Crippen molar-refractivity contribution in [3.8, 4) is 0 Å². The van der Waals surface area contributed by atoms with Crippen molar-refractivity contribution in [3.05, 3.63) is 0 Å². The highest BCUT2D eigenvalue weighted by molar-refractivity contribution is 5.81. The second-order valence-electron chi connectivity index (χ2n) is 6.30. The molecule has 2 heterocycles. The topological polar surface area (TPSA) is 49.4 Å². The summed E-state index contributed by atoms with van der Waals surface area (Å²) in [5.74, 6) is 0.770. The van der Waals surface area contributed by atoms with Crippen LogP contribution in [0.3, 0.4) is 0 Å². The lowest BCUT2D eigenvalue weighted by atomic mass is 9.86. The van der Waals surface area contributed by atoms with E-state index in [1.54, 1.807) is 0 Å². The lowest BCUT2D eigenvalue weighted by Gasteiger charge is -2.27. The number of hydrogen-bond acceptors (Lipinski definition) is 2. The van der Waals surface area contributed by atoms with E-state index in [9.17, 15) is 9.59 Å². The number of amides is 2. The predicted octanol–water partition coefficient (Wildman–Crippen LogP) is 1.31. The van der Waals surface area contributed by atoms with Crippen molar-refractivity contribution < 1.29 is 9.59 Å². The van der Waals surface area contributed by atoms with Crippen LogP contribution in [0.5, 0.6) is 0 Å². The Morgan fingerprint density at radius 2 is 2.06 bits per heavy atom. The Morgan fingerprint density at radius 1 is 1.28 bits per heavy atom. The minimum absolute atomic E-state index is 0.0570. The summed E-state index contributed by atoms with van der Waals surface area (Å²) in [5, 5.41) is 2.91. The summed E-state index contributed by atoms with van der Waals surface area (Å²) in [7, 11) is 0. The Morgan fingerprint density at radius 3 is 2.72 bits per heavy atom. The molecule has 18 heavy (non-hydrogen) atoms. The molecule has 0 radical (unpaired) electrons. The van der Waals surface area contributed by atoms with Gasteiger partial charge in [0.05, 0.1) is 0 Å². The quantitative estimate of drug-likeness (QED) is 0.762. The van der Waals surface area contributed by atoms with Crippen molar-refractivity contribution in [2.75, 3.05) is 19.6 Å². The highest BCUT2D eigenvalue weighted by Crippen LogP contribution is 2.38. The third kappa shape index (κ3) is 2.13. The Hall–Kier alpha value is -1.06. The predicted molar refractivity (Wildman–Crippen MR) is 67.8 cm³/mol. The van der Waals surface area contributed by atoms with Crippen LogP contribution in [0.2, 0.25) is 0 Å². The van der Waals surface area contributed by atoms with E-state index in [4.69, 9.17) is 0 Å². The maximum absolute atomic E-state index is 12.4. The van der Waals surface area contributed by atoms with Gasteiger partial charge in [0.2, 0.25) is 11.8 Å². The second-order valence-corrected chi connectivity index (χ2v) is 6.30. The Balaban J connectivity index is 1.61. The lowest BCUT2D eigenvalue weighted by Crippen LogP contribution is -2.37. The van der Waals surface area contributed by atoms with Crippen LogP contribution in [0, 0.1) is 11.3 Å². The van der Waals surface area contributed by atoms with Crippen molar-refractivity contribution >= 4 is 11.8 Å². The van der Waals surface area contributed by atoms with Gasteiger partial charge in [-0.1, -0.05) is 19.3 Å². The molecule has 1 unspecified atom stereocenters. The Bertz CT molecular complexity index is 363. The number of nitrogens with zero attached hydrogens (tertiary/aromatic N) is 1. The van der Waals surface area contributed by atoms with Crippen LogP contribution in [-0.2, 0) is 9.59 Å². The van der Waals surface area contributed by atoms with Gasteiger partial charge in [-0.3, -0.25) is 9.59 Å². The van der Waals surface area contributed by atoms with Crippen molar-refractivity contribution in [1.82, 2.24) is 10.2 Å². The molecule has 0 aromatic heterocycles. The van der Waals surface area contributed by atoms with E-state index < -0.39 is 0 Å². The zero-order chi connectivity index (χ0) is 12.6. The van der Waals surface area contributed by atoms with Crippen LogP contribution in [0.25, 0.3) is 0 Å². The van der Waals surface area contributed by atoms with E-state index in [0.29, 0.717) is 12.3 Å². The molecule has 0 aromatic rings. The van der Waals surface area contributed by atoms with Gasteiger partial charge in [-0.05, 0) is 19.3 Å². The van der Waals surface area contributed by atoms with Crippen molar-refractivity contribution in [3.63, 3.8) is 0 Å². The fourth-order valence-corrected chi connectivity index (χ4v) is 3.77. The molecular formula is C14H22N2O2. The molecule has 1 atom stereocenters. The molecule has 2 saturated heterocycles. The highest BCUT2D eigenvalue weighted by atomic mass is 16.2. The average Bonchev–Trinajstić information content (AvgIpc) is 2.97. The van der Waals surface area contributed by atoms with Gasteiger partial charge >= 0.3 is 0 Å². The molecule has 3 aliphatic rings. The Kier molecular flexibility index (Phi) is 3.04. The minimum atomic E-state index is 0.0570. The van der Waals surface area contributed by atoms with Gasteiger partial charge in [-0.25, -0.2) is 0 Å². The maximum Gasteiger partial charge on any atom is 0.225 e. The van der Waals surface area contributed by atoms with Crippen LogP contribution >= 0.6 is 0 Å². The summed E-state index contributed by atoms with van der Waals surface area (Å²) >= 11 is 0. The zero-order valence-corrected chi connectivity index (χ0v) is 10.9. The fourth-order valence-electron chi connectivity index (χ4n) is 3.77. The summed E-state index contributed by atoms with van der Waals surface area (Å²) in [6.45, 7) is 2.41. The van der Waals surface area contributed by atoms with Gasteiger partial charge in [0.1, 0.15) is 0 Å². The van der Waals surface area contributed by atoms with Crippen LogP contribution in [-0.4, -0.2) is 36.3 Å². The van der Waals surface area contributed by atoms with E-state index >= 15 is 0 Å². The van der Waals surface area contributed by atoms with Gasteiger partial charge in [-0.2, -0.15) is 0 Å². The van der Waals surface area contributed by atoms with Crippen LogP contribution in [0.15, 0.2) is 0 Å². The monoisotopic (exact) mass is 250 g/mol. The number of carbonyl (C=O) groups is 2. The maximum atomic E-state index is 12.4. The van der Waals surface area contributed by atoms with E-state index in [1.807, 2.05) is 4.90 Å². The number of hydrogen-bond donors (Lipinski definition) is 1. The molecule has 2 amide bonds. The summed E-state index contributed by atoms with van der Waals surface area (Å²) in [6.07, 6.45) is 7.43. The van der Waals surface area contributed by atoms with E-state index in [-0.39, 0.29) is 17.2 Å². The second kappa shape index (κ2) is 4.56. The summed E-state index contributed by atoms with van der Waals surface area (Å²) in [6, 6.07) is 0. The lowest BCUT2D eigenvalue weighted by molar-refractivity contribution is -0.136. The molecule has 1 aliphatic carbocycles. The number of nitrogens with one attached hydrogen (secondary N) is 1. The standard InChI is InChI=1S/C14H22N2O2/c17-12-8-14(9-15-12)6-7-16(10-14)13(18)11-4-2-1-3-5-11/h11H,1-10H2,(H,15,17). The first-order valence-electron chi connectivity index (χ1n) is 7.24. The normalized spacial score (nSPS) is 33.1. The summed E-state index contributed by atoms with van der Waals surface area (Å²) in [4.78, 5) is 25.8. The molecule has 2 aliphatic heterocycles. The molecule has 3 fully saturated rings. The molecule has 1 saturated carbocycles. The van der Waals surface area contributed by atoms with Crippen LogP contribution in [0.4, 0.5) is 0 Å². The molecule has 1 spiro atoms. The largest absolute Gasteiger partial charge is 0.355 e. The zero-order valence-electron chi connectivity index (χ0n) is 10.9. The molecule has 100 valence electrons. The van der Waals surface area contributed by atoms with Gasteiger partial charge in [0.15, 0.2) is 0 Å². The highest BCUT2D eigenvalue weighted by Gasteiger charge is 2.45. The molecular weight excluding hydrogens is 228 g/mol. The molecule has 0 bridgehead atoms. The third-order valence-corrected chi connectivity index (χ3v) is 4.90. The van der Waals surface area contributed by atoms with Gasteiger partial charge in [0, 0.05) is 37.4 Å². The molecule has 3 rings (SSSR count). The molecule has 4 heteroatoms. The first-order chi connectivity index (χ1) is 8.69. The molecule has 1 N–H and O–H groups in total. The SMILES string of the molecule is O=C1CC2(CCN(C(=O)C3CCCCC3)C2)CN1. The third-order valence-electron chi connectivity index (χ3n) is 4.90. The Labute approximate surface area is 108 Å². The van der Waals surface area contributed by atoms with Gasteiger partial charge in [0.25, 0.3) is 0 Å². The average molecular weight is 250 g/mol. The van der Waals surface area contributed by atoms with Gasteiger partial charge < -0.3 is 10.2 Å². The number of carbonyl (C=O) groups excluding carboxylic acids is 2. The smallest absolute Gasteiger partial charge is 0.225 e. The molecule has 4 nitrogen and oxygen atoms in total. The fraction of sp³-hybridized carbons (Fsp3) is 0.857. The van der Waals surface area contributed by atoms with E-state index in [0.717, 1.165) is 38.9 Å². The van der Waals surface area contributed by atoms with Crippen molar-refractivity contribution in [2.24, 2.45) is 11.3 Å². The number of rotatable bonds is 1. The number of likely N-dealkylation sites (tertiary alicyclic amines) is 1. The first-order valence-corrected chi connectivity index (χ1v) is 7.24. The van der Waals surface area contributed by atoms with Gasteiger partial charge in [-0.15, -0.1) is 0 Å². The van der Waals surface area contributed by atoms with Crippen LogP contribution in [0.1, 0.15) is 44.9 Å². The first kappa shape index (κ1) is 12.0. The van der Waals surface area contributed by atoms with Crippen molar-refractivity contribution in [2.45, 2.75) is 44.9 Å². The van der Waals surface area contributed by atoms with E-state index in [1.165, 1.54) is 19.3 Å². The minimum Gasteiger partial charge on any atom is -0.355 e. The van der Waals surface area contributed by atoms with Crippen LogP contribution < -0.4 is 5.32 Å². The summed E-state index contributed by atoms with van der Waals surface area (Å²) in [5.41, 5.74) is 0.0570. The molecule has 0 aromatic carbocycles. The van der Waals surface area contributed by atoms with E-state index in [2.05, 4.69) is 5.32 Å².